The topological polar surface area (TPSA) is 29.5 Å². The van der Waals surface area contributed by atoms with Crippen LogP contribution in [0.15, 0.2) is 18.2 Å². The van der Waals surface area contributed by atoms with E-state index in [2.05, 4.69) is 6.92 Å². The van der Waals surface area contributed by atoms with Crippen LogP contribution < -0.4 is 4.74 Å². The monoisotopic (exact) mass is 214 g/mol. The molecule has 1 unspecified atom stereocenters. The van der Waals surface area contributed by atoms with Gasteiger partial charge in [0.1, 0.15) is 5.75 Å². The van der Waals surface area contributed by atoms with Gasteiger partial charge in [0.05, 0.1) is 19.1 Å². The number of methoxy groups -OCH3 is 1. The molecule has 0 spiro atoms. The van der Waals surface area contributed by atoms with Crippen LogP contribution in [-0.2, 0) is 6.42 Å². The Morgan fingerprint density at radius 2 is 2.21 bits per heavy atom. The molecule has 14 heavy (non-hydrogen) atoms. The Kier molecular flexibility index (Phi) is 4.23. The second-order valence-corrected chi connectivity index (χ2v) is 3.40. The molecule has 0 aromatic heterocycles. The number of aliphatic hydroxyl groups excluding tert-OH is 1. The Balaban J connectivity index is 3.01. The molecule has 0 aliphatic heterocycles. The minimum Gasteiger partial charge on any atom is -0.496 e. The van der Waals surface area contributed by atoms with Crippen LogP contribution >= 0.6 is 11.6 Å². The number of ether oxygens (including phenoxy) is 1. The third-order valence-electron chi connectivity index (χ3n) is 2.22. The zero-order chi connectivity index (χ0) is 10.6. The van der Waals surface area contributed by atoms with Crippen LogP contribution in [0.3, 0.4) is 0 Å². The first kappa shape index (κ1) is 11.3. The molecule has 0 heterocycles. The predicted molar refractivity (Wildman–Crippen MR) is 58.1 cm³/mol. The fourth-order valence-corrected chi connectivity index (χ4v) is 1.55. The van der Waals surface area contributed by atoms with Gasteiger partial charge in [-0.15, -0.1) is 11.6 Å². The van der Waals surface area contributed by atoms with Gasteiger partial charge in [-0.05, 0) is 29.7 Å². The smallest absolute Gasteiger partial charge is 0.122 e. The molecule has 0 radical (unpaired) electrons. The van der Waals surface area contributed by atoms with Crippen molar-refractivity contribution in [3.05, 3.63) is 29.3 Å². The zero-order valence-corrected chi connectivity index (χ0v) is 9.21. The summed E-state index contributed by atoms with van der Waals surface area (Å²) in [6, 6.07) is 5.64. The number of alkyl halides is 1. The first-order valence-corrected chi connectivity index (χ1v) is 5.17. The lowest BCUT2D eigenvalue weighted by Gasteiger charge is -2.11. The van der Waals surface area contributed by atoms with Gasteiger partial charge in [-0.2, -0.15) is 0 Å². The summed E-state index contributed by atoms with van der Waals surface area (Å²) in [6.07, 6.45) is 0.291. The Labute approximate surface area is 89.5 Å². The van der Waals surface area contributed by atoms with Gasteiger partial charge in [0.15, 0.2) is 0 Å². The van der Waals surface area contributed by atoms with Gasteiger partial charge in [-0.25, -0.2) is 0 Å². The van der Waals surface area contributed by atoms with Gasteiger partial charge in [-0.3, -0.25) is 0 Å². The Morgan fingerprint density at radius 3 is 2.71 bits per heavy atom. The summed E-state index contributed by atoms with van der Waals surface area (Å²) < 4.78 is 5.19. The molecule has 1 rings (SSSR count). The number of halogens is 1. The number of benzene rings is 1. The van der Waals surface area contributed by atoms with Crippen molar-refractivity contribution in [2.24, 2.45) is 0 Å². The largest absolute Gasteiger partial charge is 0.496 e. The van der Waals surface area contributed by atoms with Crippen molar-refractivity contribution < 1.29 is 9.84 Å². The number of aryl methyl sites for hydroxylation is 1. The quantitative estimate of drug-likeness (QED) is 0.781. The fraction of sp³-hybridized carbons (Fsp3) is 0.455. The zero-order valence-electron chi connectivity index (χ0n) is 8.46. The molecule has 0 bridgehead atoms. The van der Waals surface area contributed by atoms with Crippen LogP contribution in [0.4, 0.5) is 0 Å². The summed E-state index contributed by atoms with van der Waals surface area (Å²) >= 11 is 5.57. The molecule has 78 valence electrons. The highest BCUT2D eigenvalue weighted by Crippen LogP contribution is 2.24. The van der Waals surface area contributed by atoms with Crippen molar-refractivity contribution >= 4 is 11.6 Å². The first-order valence-electron chi connectivity index (χ1n) is 4.63. The van der Waals surface area contributed by atoms with E-state index in [4.69, 9.17) is 16.3 Å². The van der Waals surface area contributed by atoms with E-state index in [9.17, 15) is 5.11 Å². The minimum atomic E-state index is -0.590. The molecule has 0 fully saturated rings. The molecular weight excluding hydrogens is 200 g/mol. The second-order valence-electron chi connectivity index (χ2n) is 3.09. The highest BCUT2D eigenvalue weighted by atomic mass is 35.5. The van der Waals surface area contributed by atoms with E-state index in [0.717, 1.165) is 23.3 Å². The summed E-state index contributed by atoms with van der Waals surface area (Å²) in [7, 11) is 1.64. The molecule has 1 aromatic rings. The molecule has 2 nitrogen and oxygen atoms in total. The third-order valence-corrected chi connectivity index (χ3v) is 2.51. The molecule has 0 amide bonds. The Bertz CT molecular complexity index is 299. The molecule has 1 N–H and O–H groups in total. The summed E-state index contributed by atoms with van der Waals surface area (Å²) in [5.41, 5.74) is 1.94. The summed E-state index contributed by atoms with van der Waals surface area (Å²) in [5, 5.41) is 9.54. The van der Waals surface area contributed by atoms with Crippen molar-refractivity contribution in [1.29, 1.82) is 0 Å². The number of rotatable bonds is 4. The van der Waals surface area contributed by atoms with Gasteiger partial charge in [-0.1, -0.05) is 13.0 Å². The summed E-state index contributed by atoms with van der Waals surface area (Å²) in [6.45, 7) is 2.05. The van der Waals surface area contributed by atoms with E-state index >= 15 is 0 Å². The van der Waals surface area contributed by atoms with Crippen molar-refractivity contribution in [2.45, 2.75) is 19.4 Å². The average molecular weight is 215 g/mol. The lowest BCUT2D eigenvalue weighted by molar-refractivity contribution is 0.202. The maximum atomic E-state index is 9.54. The third kappa shape index (κ3) is 2.40. The van der Waals surface area contributed by atoms with Crippen molar-refractivity contribution in [3.63, 3.8) is 0 Å². The summed E-state index contributed by atoms with van der Waals surface area (Å²) in [5.74, 6) is 1.08. The number of hydrogen-bond donors (Lipinski definition) is 1. The van der Waals surface area contributed by atoms with Crippen LogP contribution in [-0.4, -0.2) is 18.1 Å². The molecular formula is C11H15ClO2. The van der Waals surface area contributed by atoms with Gasteiger partial charge in [0.25, 0.3) is 0 Å². The molecule has 3 heteroatoms. The molecule has 0 aliphatic carbocycles. The van der Waals surface area contributed by atoms with E-state index in [1.807, 2.05) is 18.2 Å². The second kappa shape index (κ2) is 5.23. The highest BCUT2D eigenvalue weighted by Gasteiger charge is 2.08. The van der Waals surface area contributed by atoms with E-state index in [0.29, 0.717) is 0 Å². The standard InChI is InChI=1S/C11H15ClO2/c1-3-8-6-9(10(13)7-12)4-5-11(8)14-2/h4-6,10,13H,3,7H2,1-2H3. The van der Waals surface area contributed by atoms with Gasteiger partial charge in [0, 0.05) is 0 Å². The van der Waals surface area contributed by atoms with Crippen LogP contribution in [0.1, 0.15) is 24.2 Å². The Hall–Kier alpha value is -0.730. The lowest BCUT2D eigenvalue weighted by Crippen LogP contribution is -2.00. The van der Waals surface area contributed by atoms with Crippen molar-refractivity contribution in [1.82, 2.24) is 0 Å². The fourth-order valence-electron chi connectivity index (χ4n) is 1.37. The molecule has 0 saturated heterocycles. The van der Waals surface area contributed by atoms with Gasteiger partial charge < -0.3 is 9.84 Å². The lowest BCUT2D eigenvalue weighted by atomic mass is 10.0. The predicted octanol–water partition coefficient (Wildman–Crippen LogP) is 2.53. The van der Waals surface area contributed by atoms with E-state index in [1.165, 1.54) is 0 Å². The maximum absolute atomic E-state index is 9.54. The van der Waals surface area contributed by atoms with Crippen LogP contribution in [0.2, 0.25) is 0 Å². The SMILES string of the molecule is CCc1cc(C(O)CCl)ccc1OC. The highest BCUT2D eigenvalue weighted by molar-refractivity contribution is 6.18. The molecule has 0 saturated carbocycles. The van der Waals surface area contributed by atoms with Gasteiger partial charge >= 0.3 is 0 Å². The van der Waals surface area contributed by atoms with E-state index in [1.54, 1.807) is 7.11 Å². The number of aliphatic hydroxyl groups is 1. The molecule has 0 aliphatic rings. The first-order chi connectivity index (χ1) is 6.72. The minimum absolute atomic E-state index is 0.218. The van der Waals surface area contributed by atoms with Crippen LogP contribution in [0, 0.1) is 0 Å². The normalized spacial score (nSPS) is 12.6. The summed E-state index contributed by atoms with van der Waals surface area (Å²) in [4.78, 5) is 0. The van der Waals surface area contributed by atoms with Crippen molar-refractivity contribution in [3.8, 4) is 5.75 Å². The van der Waals surface area contributed by atoms with Crippen molar-refractivity contribution in [2.75, 3.05) is 13.0 Å². The molecule has 1 aromatic carbocycles. The number of hydrogen-bond acceptors (Lipinski definition) is 2. The molecule has 1 atom stereocenters. The maximum Gasteiger partial charge on any atom is 0.122 e. The van der Waals surface area contributed by atoms with Crippen LogP contribution in [0.25, 0.3) is 0 Å². The Morgan fingerprint density at radius 1 is 1.50 bits per heavy atom. The average Bonchev–Trinajstić information content (AvgIpc) is 2.26. The van der Waals surface area contributed by atoms with E-state index < -0.39 is 6.10 Å². The van der Waals surface area contributed by atoms with E-state index in [-0.39, 0.29) is 5.88 Å². The van der Waals surface area contributed by atoms with Crippen LogP contribution in [0.5, 0.6) is 5.75 Å². The van der Waals surface area contributed by atoms with Gasteiger partial charge in [0.2, 0.25) is 0 Å².